The molecule has 0 N–H and O–H groups in total. The number of aryl methyl sites for hydroxylation is 1. The van der Waals surface area contributed by atoms with Gasteiger partial charge in [0.2, 0.25) is 0 Å². The van der Waals surface area contributed by atoms with Crippen LogP contribution in [0.15, 0.2) is 67.1 Å². The minimum atomic E-state index is 0.165. The number of rotatable bonds is 3. The molecule has 2 atom stereocenters. The summed E-state index contributed by atoms with van der Waals surface area (Å²) in [7, 11) is 0. The second kappa shape index (κ2) is 7.58. The van der Waals surface area contributed by atoms with Gasteiger partial charge in [0, 0.05) is 30.5 Å². The predicted molar refractivity (Wildman–Crippen MR) is 121 cm³/mol. The average molecular weight is 399 g/mol. The van der Waals surface area contributed by atoms with Crippen LogP contribution >= 0.6 is 0 Å². The van der Waals surface area contributed by atoms with Crippen LogP contribution in [0.1, 0.15) is 19.4 Å². The summed E-state index contributed by atoms with van der Waals surface area (Å²) in [5, 5.41) is 1.09. The van der Waals surface area contributed by atoms with Crippen molar-refractivity contribution in [1.29, 1.82) is 0 Å². The van der Waals surface area contributed by atoms with Crippen molar-refractivity contribution in [2.45, 2.75) is 33.0 Å². The highest BCUT2D eigenvalue weighted by molar-refractivity contribution is 6.02. The summed E-state index contributed by atoms with van der Waals surface area (Å²) in [5.74, 6) is 0.978. The molecule has 0 spiro atoms. The minimum absolute atomic E-state index is 0.165. The lowest BCUT2D eigenvalue weighted by Gasteiger charge is -2.36. The number of hydrogen-bond acceptors (Lipinski definition) is 4. The Morgan fingerprint density at radius 1 is 0.900 bits per heavy atom. The van der Waals surface area contributed by atoms with E-state index in [9.17, 15) is 0 Å². The van der Waals surface area contributed by atoms with E-state index in [1.165, 1.54) is 11.1 Å². The highest BCUT2D eigenvalue weighted by Crippen LogP contribution is 2.37. The number of fused-ring (bicyclic) bond motifs is 1. The molecule has 30 heavy (non-hydrogen) atoms. The Balaban J connectivity index is 1.75. The lowest BCUT2D eigenvalue weighted by atomic mass is 10.1. The fourth-order valence-corrected chi connectivity index (χ4v) is 4.38. The van der Waals surface area contributed by atoms with E-state index in [0.29, 0.717) is 0 Å². The van der Waals surface area contributed by atoms with Crippen LogP contribution in [0.5, 0.6) is 0 Å². The monoisotopic (exact) mass is 398 g/mol. The molecule has 3 heterocycles. The fourth-order valence-electron chi connectivity index (χ4n) is 4.38. The van der Waals surface area contributed by atoms with Crippen molar-refractivity contribution in [1.82, 2.24) is 14.5 Å². The molecule has 5 heteroatoms. The van der Waals surface area contributed by atoms with Crippen LogP contribution in [-0.4, -0.2) is 39.8 Å². The molecule has 0 radical (unpaired) electrons. The Hall–Kier alpha value is -3.18. The van der Waals surface area contributed by atoms with Gasteiger partial charge in [-0.1, -0.05) is 48.0 Å². The van der Waals surface area contributed by atoms with E-state index < -0.39 is 0 Å². The van der Waals surface area contributed by atoms with Crippen LogP contribution in [-0.2, 0) is 4.74 Å². The second-order valence-electron chi connectivity index (χ2n) is 8.17. The number of aromatic nitrogens is 3. The SMILES string of the molecule is Cc1ccc(-n2cc(-c3ccccc3)c3c(N4C[C@@H](C)O[C@@H](C)C4)ncnc32)cc1. The maximum Gasteiger partial charge on any atom is 0.150 e. The Kier molecular flexibility index (Phi) is 4.75. The van der Waals surface area contributed by atoms with E-state index in [0.717, 1.165) is 41.2 Å². The first-order chi connectivity index (χ1) is 14.6. The maximum absolute atomic E-state index is 5.96. The molecule has 5 rings (SSSR count). The summed E-state index contributed by atoms with van der Waals surface area (Å²) in [6.07, 6.45) is 4.20. The summed E-state index contributed by atoms with van der Waals surface area (Å²) >= 11 is 0. The molecular formula is C25H26N4O. The highest BCUT2D eigenvalue weighted by Gasteiger charge is 2.27. The van der Waals surface area contributed by atoms with Gasteiger partial charge in [-0.2, -0.15) is 0 Å². The molecule has 0 saturated carbocycles. The molecule has 0 amide bonds. The molecule has 0 unspecified atom stereocenters. The number of nitrogens with zero attached hydrogens (tertiary/aromatic N) is 4. The number of benzene rings is 2. The second-order valence-corrected chi connectivity index (χ2v) is 8.17. The van der Waals surface area contributed by atoms with Crippen molar-refractivity contribution in [3.05, 3.63) is 72.7 Å². The van der Waals surface area contributed by atoms with Crippen LogP contribution in [0.4, 0.5) is 5.82 Å². The topological polar surface area (TPSA) is 43.2 Å². The smallest absolute Gasteiger partial charge is 0.150 e. The van der Waals surface area contributed by atoms with Gasteiger partial charge < -0.3 is 14.2 Å². The van der Waals surface area contributed by atoms with E-state index in [-0.39, 0.29) is 12.2 Å². The van der Waals surface area contributed by atoms with Crippen LogP contribution < -0.4 is 4.90 Å². The lowest BCUT2D eigenvalue weighted by Crippen LogP contribution is -2.46. The maximum atomic E-state index is 5.96. The zero-order valence-electron chi connectivity index (χ0n) is 17.6. The zero-order chi connectivity index (χ0) is 20.7. The normalized spacial score (nSPS) is 19.4. The van der Waals surface area contributed by atoms with Gasteiger partial charge in [-0.15, -0.1) is 0 Å². The van der Waals surface area contributed by atoms with Gasteiger partial charge in [0.15, 0.2) is 5.65 Å². The molecule has 1 aliphatic rings. The Morgan fingerprint density at radius 3 is 2.30 bits per heavy atom. The van der Waals surface area contributed by atoms with Crippen molar-refractivity contribution in [3.8, 4) is 16.8 Å². The summed E-state index contributed by atoms with van der Waals surface area (Å²) in [5.41, 5.74) is 5.58. The zero-order valence-corrected chi connectivity index (χ0v) is 17.6. The summed E-state index contributed by atoms with van der Waals surface area (Å²) in [4.78, 5) is 11.8. The number of hydrogen-bond donors (Lipinski definition) is 0. The van der Waals surface area contributed by atoms with Crippen LogP contribution in [0.3, 0.4) is 0 Å². The first-order valence-electron chi connectivity index (χ1n) is 10.5. The van der Waals surface area contributed by atoms with Crippen LogP contribution in [0.2, 0.25) is 0 Å². The molecular weight excluding hydrogens is 372 g/mol. The van der Waals surface area contributed by atoms with Gasteiger partial charge >= 0.3 is 0 Å². The van der Waals surface area contributed by atoms with Gasteiger partial charge in [0.05, 0.1) is 17.6 Å². The Bertz CT molecular complexity index is 1160. The molecule has 2 aromatic carbocycles. The Morgan fingerprint density at radius 2 is 1.60 bits per heavy atom. The molecule has 1 aliphatic heterocycles. The van der Waals surface area contributed by atoms with E-state index >= 15 is 0 Å². The fraction of sp³-hybridized carbons (Fsp3) is 0.280. The van der Waals surface area contributed by atoms with Crippen molar-refractivity contribution in [2.75, 3.05) is 18.0 Å². The third-order valence-electron chi connectivity index (χ3n) is 5.68. The molecule has 152 valence electrons. The van der Waals surface area contributed by atoms with Gasteiger partial charge in [0.1, 0.15) is 12.1 Å². The number of morpholine rings is 1. The van der Waals surface area contributed by atoms with E-state index in [1.807, 2.05) is 6.07 Å². The molecule has 1 fully saturated rings. The third kappa shape index (κ3) is 3.35. The van der Waals surface area contributed by atoms with E-state index in [2.05, 4.69) is 85.0 Å². The quantitative estimate of drug-likeness (QED) is 0.487. The Labute approximate surface area is 177 Å². The highest BCUT2D eigenvalue weighted by atomic mass is 16.5. The molecule has 1 saturated heterocycles. The van der Waals surface area contributed by atoms with Gasteiger partial charge in [-0.05, 0) is 38.5 Å². The van der Waals surface area contributed by atoms with E-state index in [1.54, 1.807) is 6.33 Å². The molecule has 0 aliphatic carbocycles. The van der Waals surface area contributed by atoms with Gasteiger partial charge in [-0.3, -0.25) is 0 Å². The van der Waals surface area contributed by atoms with Crippen LogP contribution in [0.25, 0.3) is 27.8 Å². The number of ether oxygens (including phenoxy) is 1. The third-order valence-corrected chi connectivity index (χ3v) is 5.68. The molecule has 0 bridgehead atoms. The van der Waals surface area contributed by atoms with Crippen molar-refractivity contribution >= 4 is 16.9 Å². The standard InChI is InChI=1S/C25H26N4O/c1-17-9-11-21(12-10-17)29-15-22(20-7-5-4-6-8-20)23-24(26-16-27-25(23)29)28-13-18(2)30-19(3)14-28/h4-12,15-16,18-19H,13-14H2,1-3H3/t18-,19+. The molecule has 5 nitrogen and oxygen atoms in total. The largest absolute Gasteiger partial charge is 0.372 e. The number of anilines is 1. The van der Waals surface area contributed by atoms with E-state index in [4.69, 9.17) is 14.7 Å². The van der Waals surface area contributed by atoms with Crippen molar-refractivity contribution in [3.63, 3.8) is 0 Å². The van der Waals surface area contributed by atoms with Gasteiger partial charge in [-0.25, -0.2) is 9.97 Å². The summed E-state index contributed by atoms with van der Waals surface area (Å²) in [6.45, 7) is 7.99. The minimum Gasteiger partial charge on any atom is -0.372 e. The first-order valence-corrected chi connectivity index (χ1v) is 10.5. The predicted octanol–water partition coefficient (Wildman–Crippen LogP) is 5.01. The van der Waals surface area contributed by atoms with Crippen molar-refractivity contribution in [2.24, 2.45) is 0 Å². The van der Waals surface area contributed by atoms with Crippen molar-refractivity contribution < 1.29 is 4.74 Å². The molecule has 4 aromatic rings. The molecule has 2 aromatic heterocycles. The van der Waals surface area contributed by atoms with Gasteiger partial charge in [0.25, 0.3) is 0 Å². The summed E-state index contributed by atoms with van der Waals surface area (Å²) < 4.78 is 8.14. The average Bonchev–Trinajstić information content (AvgIpc) is 3.14. The van der Waals surface area contributed by atoms with Crippen LogP contribution in [0, 0.1) is 6.92 Å². The first kappa shape index (κ1) is 18.8. The lowest BCUT2D eigenvalue weighted by molar-refractivity contribution is -0.00537. The summed E-state index contributed by atoms with van der Waals surface area (Å²) in [6, 6.07) is 19.1.